The molecule has 0 atom stereocenters. The molecule has 6 heteroatoms. The van der Waals surface area contributed by atoms with Gasteiger partial charge in [0.05, 0.1) is 11.8 Å². The van der Waals surface area contributed by atoms with Gasteiger partial charge >= 0.3 is 5.97 Å². The highest BCUT2D eigenvalue weighted by molar-refractivity contribution is 9.10. The maximum Gasteiger partial charge on any atom is 0.343 e. The predicted molar refractivity (Wildman–Crippen MR) is 124 cm³/mol. The van der Waals surface area contributed by atoms with E-state index in [1.807, 2.05) is 6.07 Å². The standard InChI is InChI=1S/C24H29BrN2O3/c1-2-3-4-5-6-7-11-14-23(28)27-26-18-20-17-21(25)15-16-22(20)30-24(29)19-12-9-8-10-13-19/h8-10,12-13,15-18H,2-7,11,14H2,1H3,(H,27,28)/b26-18-. The van der Waals surface area contributed by atoms with E-state index in [1.165, 1.54) is 38.3 Å². The lowest BCUT2D eigenvalue weighted by molar-refractivity contribution is -0.121. The molecule has 0 saturated heterocycles. The highest BCUT2D eigenvalue weighted by Gasteiger charge is 2.11. The fourth-order valence-corrected chi connectivity index (χ4v) is 3.30. The Kier molecular flexibility index (Phi) is 10.9. The van der Waals surface area contributed by atoms with Crippen molar-refractivity contribution in [1.29, 1.82) is 0 Å². The van der Waals surface area contributed by atoms with Gasteiger partial charge in [-0.1, -0.05) is 79.6 Å². The maximum absolute atomic E-state index is 12.3. The molecule has 0 aromatic heterocycles. The number of hydrazone groups is 1. The fourth-order valence-electron chi connectivity index (χ4n) is 2.92. The number of carbonyl (C=O) groups excluding carboxylic acids is 2. The third-order valence-corrected chi connectivity index (χ3v) is 5.08. The van der Waals surface area contributed by atoms with Gasteiger partial charge < -0.3 is 4.74 Å². The van der Waals surface area contributed by atoms with Crippen LogP contribution < -0.4 is 10.2 Å². The summed E-state index contributed by atoms with van der Waals surface area (Å²) in [5.74, 6) is -0.190. The summed E-state index contributed by atoms with van der Waals surface area (Å²) in [7, 11) is 0. The zero-order valence-electron chi connectivity index (χ0n) is 17.4. The highest BCUT2D eigenvalue weighted by atomic mass is 79.9. The van der Waals surface area contributed by atoms with Crippen LogP contribution in [0, 0.1) is 0 Å². The molecule has 2 rings (SSSR count). The van der Waals surface area contributed by atoms with Gasteiger partial charge in [0, 0.05) is 16.5 Å². The molecule has 0 aliphatic heterocycles. The Labute approximate surface area is 187 Å². The number of nitrogens with zero attached hydrogens (tertiary/aromatic N) is 1. The molecule has 2 aromatic rings. The number of hydrogen-bond donors (Lipinski definition) is 1. The van der Waals surface area contributed by atoms with E-state index in [-0.39, 0.29) is 5.91 Å². The molecule has 0 aliphatic rings. The van der Waals surface area contributed by atoms with Crippen LogP contribution in [0.2, 0.25) is 0 Å². The number of unbranched alkanes of at least 4 members (excludes halogenated alkanes) is 6. The first-order valence-corrected chi connectivity index (χ1v) is 11.3. The molecule has 0 fully saturated rings. The number of halogens is 1. The second kappa shape index (κ2) is 13.7. The number of ether oxygens (including phenoxy) is 1. The van der Waals surface area contributed by atoms with Gasteiger partial charge in [0.25, 0.3) is 0 Å². The van der Waals surface area contributed by atoms with Crippen LogP contribution in [0.4, 0.5) is 0 Å². The molecular formula is C24H29BrN2O3. The van der Waals surface area contributed by atoms with Crippen LogP contribution in [0.15, 0.2) is 58.1 Å². The Morgan fingerprint density at radius 1 is 1.00 bits per heavy atom. The van der Waals surface area contributed by atoms with Crippen molar-refractivity contribution >= 4 is 34.0 Å². The van der Waals surface area contributed by atoms with Crippen LogP contribution in [-0.4, -0.2) is 18.1 Å². The van der Waals surface area contributed by atoms with E-state index in [9.17, 15) is 9.59 Å². The lowest BCUT2D eigenvalue weighted by Crippen LogP contribution is -2.17. The summed E-state index contributed by atoms with van der Waals surface area (Å²) in [6.45, 7) is 2.20. The van der Waals surface area contributed by atoms with E-state index in [2.05, 4.69) is 33.4 Å². The molecular weight excluding hydrogens is 444 g/mol. The van der Waals surface area contributed by atoms with E-state index in [0.29, 0.717) is 23.3 Å². The maximum atomic E-state index is 12.3. The Hall–Kier alpha value is -2.47. The second-order valence-electron chi connectivity index (χ2n) is 7.10. The molecule has 0 unspecified atom stereocenters. The zero-order valence-corrected chi connectivity index (χ0v) is 19.0. The summed E-state index contributed by atoms with van der Waals surface area (Å²) in [5.41, 5.74) is 3.60. The summed E-state index contributed by atoms with van der Waals surface area (Å²) in [4.78, 5) is 24.3. The minimum atomic E-state index is -0.449. The number of rotatable bonds is 12. The average molecular weight is 473 g/mol. The molecule has 30 heavy (non-hydrogen) atoms. The number of carbonyl (C=O) groups is 2. The quantitative estimate of drug-likeness (QED) is 0.130. The molecule has 0 bridgehead atoms. The molecule has 2 aromatic carbocycles. The summed E-state index contributed by atoms with van der Waals surface area (Å²) < 4.78 is 6.32. The third-order valence-electron chi connectivity index (χ3n) is 4.58. The highest BCUT2D eigenvalue weighted by Crippen LogP contribution is 2.23. The molecule has 1 amide bonds. The topological polar surface area (TPSA) is 67.8 Å². The molecule has 0 radical (unpaired) electrons. The normalized spacial score (nSPS) is 10.9. The van der Waals surface area contributed by atoms with Gasteiger partial charge in [-0.15, -0.1) is 0 Å². The van der Waals surface area contributed by atoms with Gasteiger partial charge in [0.2, 0.25) is 5.91 Å². The van der Waals surface area contributed by atoms with Gasteiger partial charge in [-0.2, -0.15) is 5.10 Å². The lowest BCUT2D eigenvalue weighted by atomic mass is 10.1. The number of amides is 1. The summed E-state index contributed by atoms with van der Waals surface area (Å²) in [6, 6.07) is 14.0. The van der Waals surface area contributed by atoms with Crippen molar-refractivity contribution in [2.75, 3.05) is 0 Å². The molecule has 0 aliphatic carbocycles. The van der Waals surface area contributed by atoms with Crippen molar-refractivity contribution in [2.45, 2.75) is 58.3 Å². The number of hydrogen-bond acceptors (Lipinski definition) is 4. The number of benzene rings is 2. The van der Waals surface area contributed by atoms with Gasteiger partial charge in [0.15, 0.2) is 0 Å². The molecule has 160 valence electrons. The minimum Gasteiger partial charge on any atom is -0.422 e. The van der Waals surface area contributed by atoms with Gasteiger partial charge in [-0.3, -0.25) is 4.79 Å². The summed E-state index contributed by atoms with van der Waals surface area (Å²) in [6.07, 6.45) is 10.1. The van der Waals surface area contributed by atoms with Crippen molar-refractivity contribution in [3.8, 4) is 5.75 Å². The molecule has 0 saturated carbocycles. The Balaban J connectivity index is 1.83. The third kappa shape index (κ3) is 8.91. The van der Waals surface area contributed by atoms with Crippen molar-refractivity contribution in [3.05, 3.63) is 64.1 Å². The Morgan fingerprint density at radius 2 is 1.70 bits per heavy atom. The van der Waals surface area contributed by atoms with Crippen LogP contribution in [0.1, 0.15) is 74.2 Å². The van der Waals surface area contributed by atoms with Crippen LogP contribution in [0.3, 0.4) is 0 Å². The Morgan fingerprint density at radius 3 is 2.43 bits per heavy atom. The monoisotopic (exact) mass is 472 g/mol. The average Bonchev–Trinajstić information content (AvgIpc) is 2.75. The smallest absolute Gasteiger partial charge is 0.343 e. The van der Waals surface area contributed by atoms with E-state index >= 15 is 0 Å². The van der Waals surface area contributed by atoms with Crippen molar-refractivity contribution in [1.82, 2.24) is 5.43 Å². The van der Waals surface area contributed by atoms with Crippen LogP contribution in [0.5, 0.6) is 5.75 Å². The van der Waals surface area contributed by atoms with Crippen molar-refractivity contribution < 1.29 is 14.3 Å². The second-order valence-corrected chi connectivity index (χ2v) is 8.02. The number of nitrogens with one attached hydrogen (secondary N) is 1. The lowest BCUT2D eigenvalue weighted by Gasteiger charge is -2.08. The summed E-state index contributed by atoms with van der Waals surface area (Å²) in [5, 5.41) is 4.03. The molecule has 0 spiro atoms. The first-order chi connectivity index (χ1) is 14.6. The Bertz CT molecular complexity index is 838. The van der Waals surface area contributed by atoms with Gasteiger partial charge in [-0.05, 0) is 36.8 Å². The van der Waals surface area contributed by atoms with Gasteiger partial charge in [-0.25, -0.2) is 10.2 Å². The SMILES string of the molecule is CCCCCCCCCC(=O)N/N=C\c1cc(Br)ccc1OC(=O)c1ccccc1. The minimum absolute atomic E-state index is 0.113. The zero-order chi connectivity index (χ0) is 21.6. The predicted octanol–water partition coefficient (Wildman–Crippen LogP) is 6.26. The summed E-state index contributed by atoms with van der Waals surface area (Å²) >= 11 is 3.40. The van der Waals surface area contributed by atoms with E-state index in [4.69, 9.17) is 4.74 Å². The first-order valence-electron chi connectivity index (χ1n) is 10.5. The van der Waals surface area contributed by atoms with Crippen LogP contribution in [0.25, 0.3) is 0 Å². The van der Waals surface area contributed by atoms with Crippen LogP contribution in [-0.2, 0) is 4.79 Å². The van der Waals surface area contributed by atoms with Gasteiger partial charge in [0.1, 0.15) is 5.75 Å². The fraction of sp³-hybridized carbons (Fsp3) is 0.375. The largest absolute Gasteiger partial charge is 0.422 e. The molecule has 1 N–H and O–H groups in total. The van der Waals surface area contributed by atoms with Crippen molar-refractivity contribution in [3.63, 3.8) is 0 Å². The van der Waals surface area contributed by atoms with E-state index < -0.39 is 5.97 Å². The number of esters is 1. The first kappa shape index (κ1) is 23.8. The van der Waals surface area contributed by atoms with E-state index in [1.54, 1.807) is 42.5 Å². The van der Waals surface area contributed by atoms with E-state index in [0.717, 1.165) is 17.3 Å². The molecule has 0 heterocycles. The van der Waals surface area contributed by atoms with Crippen molar-refractivity contribution in [2.24, 2.45) is 5.10 Å². The van der Waals surface area contributed by atoms with Crippen LogP contribution >= 0.6 is 15.9 Å². The molecule has 5 nitrogen and oxygen atoms in total.